The third-order valence-corrected chi connectivity index (χ3v) is 4.44. The van der Waals surface area contributed by atoms with Crippen LogP contribution in [0.25, 0.3) is 16.9 Å². The fourth-order valence-corrected chi connectivity index (χ4v) is 3.08. The van der Waals surface area contributed by atoms with E-state index in [1.807, 2.05) is 48.1 Å². The fourth-order valence-electron chi connectivity index (χ4n) is 3.08. The van der Waals surface area contributed by atoms with Crippen LogP contribution in [0.3, 0.4) is 0 Å². The smallest absolute Gasteiger partial charge is 0.182 e. The van der Waals surface area contributed by atoms with Crippen LogP contribution in [0.5, 0.6) is 0 Å². The van der Waals surface area contributed by atoms with Crippen LogP contribution < -0.4 is 10.2 Å². The molecule has 2 aromatic heterocycles. The van der Waals surface area contributed by atoms with E-state index < -0.39 is 0 Å². The van der Waals surface area contributed by atoms with E-state index in [0.29, 0.717) is 6.04 Å². The number of hydrogen-bond acceptors (Lipinski definition) is 5. The van der Waals surface area contributed by atoms with E-state index in [9.17, 15) is 0 Å². The van der Waals surface area contributed by atoms with Gasteiger partial charge in [0, 0.05) is 31.0 Å². The van der Waals surface area contributed by atoms with E-state index >= 15 is 0 Å². The van der Waals surface area contributed by atoms with Crippen LogP contribution in [-0.4, -0.2) is 47.4 Å². The number of aromatic nitrogens is 3. The summed E-state index contributed by atoms with van der Waals surface area (Å²) >= 11 is 0. The molecule has 0 saturated carbocycles. The third kappa shape index (κ3) is 2.59. The van der Waals surface area contributed by atoms with Crippen LogP contribution in [-0.2, 0) is 4.74 Å². The van der Waals surface area contributed by atoms with Gasteiger partial charge in [-0.25, -0.2) is 9.50 Å². The lowest BCUT2D eigenvalue weighted by Gasteiger charge is -2.34. The molecule has 3 heterocycles. The van der Waals surface area contributed by atoms with Crippen LogP contribution in [0.4, 0.5) is 11.5 Å². The Bertz CT molecular complexity index is 842. The van der Waals surface area contributed by atoms with Gasteiger partial charge in [-0.3, -0.25) is 0 Å². The molecule has 0 amide bonds. The maximum absolute atomic E-state index is 5.57. The first-order valence-electron chi connectivity index (χ1n) is 8.24. The van der Waals surface area contributed by atoms with Gasteiger partial charge in [0.05, 0.1) is 19.3 Å². The van der Waals surface area contributed by atoms with E-state index in [-0.39, 0.29) is 0 Å². The first-order valence-corrected chi connectivity index (χ1v) is 8.24. The summed E-state index contributed by atoms with van der Waals surface area (Å²) in [6.07, 6.45) is 1.97. The van der Waals surface area contributed by atoms with Crippen LogP contribution in [0, 0.1) is 0 Å². The van der Waals surface area contributed by atoms with Crippen molar-refractivity contribution in [1.29, 1.82) is 0 Å². The second kappa shape index (κ2) is 6.13. The lowest BCUT2D eigenvalue weighted by atomic mass is 10.2. The number of rotatable bonds is 3. The van der Waals surface area contributed by atoms with Crippen LogP contribution in [0.1, 0.15) is 6.92 Å². The second-order valence-electron chi connectivity index (χ2n) is 6.04. The molecule has 1 atom stereocenters. The zero-order valence-corrected chi connectivity index (χ0v) is 13.9. The topological polar surface area (TPSA) is 54.7 Å². The molecule has 3 aromatic rings. The Kier molecular flexibility index (Phi) is 3.82. The molecule has 1 aliphatic heterocycles. The summed E-state index contributed by atoms with van der Waals surface area (Å²) in [7, 11) is 1.91. The summed E-state index contributed by atoms with van der Waals surface area (Å²) < 4.78 is 7.48. The lowest BCUT2D eigenvalue weighted by molar-refractivity contribution is 0.0986. The number of hydrogen-bond donors (Lipinski definition) is 1. The molecule has 1 N–H and O–H groups in total. The Labute approximate surface area is 141 Å². The number of ether oxygens (including phenoxy) is 1. The van der Waals surface area contributed by atoms with Gasteiger partial charge in [-0.15, -0.1) is 5.10 Å². The highest BCUT2D eigenvalue weighted by molar-refractivity contribution is 5.72. The summed E-state index contributed by atoms with van der Waals surface area (Å²) in [5.41, 5.74) is 3.11. The SMILES string of the molecule is CNc1ccc(-c2nc(N3CCOC[C@H]3C)c3cccn3n2)cc1. The number of fused-ring (bicyclic) bond motifs is 1. The highest BCUT2D eigenvalue weighted by Gasteiger charge is 2.23. The van der Waals surface area contributed by atoms with Gasteiger partial charge in [0.1, 0.15) is 5.52 Å². The molecule has 6 nitrogen and oxygen atoms in total. The molecule has 0 radical (unpaired) electrons. The van der Waals surface area contributed by atoms with Crippen molar-refractivity contribution in [3.8, 4) is 11.4 Å². The van der Waals surface area contributed by atoms with Crippen molar-refractivity contribution in [3.63, 3.8) is 0 Å². The van der Waals surface area contributed by atoms with Gasteiger partial charge in [-0.05, 0) is 43.3 Å². The van der Waals surface area contributed by atoms with E-state index in [1.165, 1.54) is 0 Å². The molecule has 1 saturated heterocycles. The second-order valence-corrected chi connectivity index (χ2v) is 6.04. The Morgan fingerprint density at radius 3 is 2.79 bits per heavy atom. The van der Waals surface area contributed by atoms with Gasteiger partial charge >= 0.3 is 0 Å². The summed E-state index contributed by atoms with van der Waals surface area (Å²) in [6.45, 7) is 4.47. The molecule has 1 fully saturated rings. The van der Waals surface area contributed by atoms with Crippen LogP contribution in [0.15, 0.2) is 42.6 Å². The summed E-state index contributed by atoms with van der Waals surface area (Å²) in [4.78, 5) is 7.20. The average Bonchev–Trinajstić information content (AvgIpc) is 3.10. The molecule has 0 unspecified atom stereocenters. The predicted octanol–water partition coefficient (Wildman–Crippen LogP) is 2.66. The number of anilines is 2. The molecule has 0 bridgehead atoms. The van der Waals surface area contributed by atoms with Gasteiger partial charge in [0.25, 0.3) is 0 Å². The van der Waals surface area contributed by atoms with Gasteiger partial charge in [0.2, 0.25) is 0 Å². The molecule has 4 rings (SSSR count). The van der Waals surface area contributed by atoms with E-state index in [1.54, 1.807) is 0 Å². The predicted molar refractivity (Wildman–Crippen MR) is 95.6 cm³/mol. The van der Waals surface area contributed by atoms with Crippen molar-refractivity contribution in [1.82, 2.24) is 14.6 Å². The first kappa shape index (κ1) is 15.0. The quantitative estimate of drug-likeness (QED) is 0.803. The van der Waals surface area contributed by atoms with Crippen molar-refractivity contribution in [2.75, 3.05) is 37.0 Å². The van der Waals surface area contributed by atoms with Crippen molar-refractivity contribution in [2.24, 2.45) is 0 Å². The minimum Gasteiger partial charge on any atom is -0.388 e. The van der Waals surface area contributed by atoms with Crippen LogP contribution in [0.2, 0.25) is 0 Å². The van der Waals surface area contributed by atoms with Crippen molar-refractivity contribution in [2.45, 2.75) is 13.0 Å². The van der Waals surface area contributed by atoms with E-state index in [2.05, 4.69) is 28.3 Å². The van der Waals surface area contributed by atoms with Crippen molar-refractivity contribution in [3.05, 3.63) is 42.6 Å². The number of nitrogens with one attached hydrogen (secondary N) is 1. The van der Waals surface area contributed by atoms with Gasteiger partial charge in [0.15, 0.2) is 11.6 Å². The van der Waals surface area contributed by atoms with Crippen LogP contribution >= 0.6 is 0 Å². The zero-order valence-electron chi connectivity index (χ0n) is 13.9. The Hall–Kier alpha value is -2.60. The molecular weight excluding hydrogens is 302 g/mol. The molecule has 0 spiro atoms. The number of nitrogens with zero attached hydrogens (tertiary/aromatic N) is 4. The molecule has 24 heavy (non-hydrogen) atoms. The normalized spacial score (nSPS) is 18.1. The molecule has 6 heteroatoms. The molecule has 0 aliphatic carbocycles. The molecular formula is C18H21N5O. The van der Waals surface area contributed by atoms with Crippen molar-refractivity contribution >= 4 is 17.0 Å². The highest BCUT2D eigenvalue weighted by atomic mass is 16.5. The van der Waals surface area contributed by atoms with Gasteiger partial charge in [-0.1, -0.05) is 0 Å². The Balaban J connectivity index is 1.82. The monoisotopic (exact) mass is 323 g/mol. The first-order chi connectivity index (χ1) is 11.8. The minimum absolute atomic E-state index is 0.298. The largest absolute Gasteiger partial charge is 0.388 e. The van der Waals surface area contributed by atoms with Gasteiger partial charge < -0.3 is 15.0 Å². The van der Waals surface area contributed by atoms with Crippen molar-refractivity contribution < 1.29 is 4.74 Å². The number of morpholine rings is 1. The molecule has 124 valence electrons. The molecule has 1 aliphatic rings. The summed E-state index contributed by atoms with van der Waals surface area (Å²) in [5, 5.41) is 7.80. The maximum atomic E-state index is 5.57. The lowest BCUT2D eigenvalue weighted by Crippen LogP contribution is -2.44. The highest BCUT2D eigenvalue weighted by Crippen LogP contribution is 2.26. The Morgan fingerprint density at radius 2 is 2.04 bits per heavy atom. The van der Waals surface area contributed by atoms with Gasteiger partial charge in [-0.2, -0.15) is 0 Å². The van der Waals surface area contributed by atoms with E-state index in [4.69, 9.17) is 9.72 Å². The fraction of sp³-hybridized carbons (Fsp3) is 0.333. The summed E-state index contributed by atoms with van der Waals surface area (Å²) in [5.74, 6) is 1.70. The number of benzene rings is 1. The third-order valence-electron chi connectivity index (χ3n) is 4.44. The van der Waals surface area contributed by atoms with E-state index in [0.717, 1.165) is 48.2 Å². The molecule has 1 aromatic carbocycles. The maximum Gasteiger partial charge on any atom is 0.182 e. The average molecular weight is 323 g/mol. The minimum atomic E-state index is 0.298. The standard InChI is InChI=1S/C18H21N5O/c1-13-12-24-11-10-22(13)18-16-4-3-9-23(16)21-17(20-18)14-5-7-15(19-2)8-6-14/h3-9,13,19H,10-12H2,1-2H3/t13-/m1/s1. The Morgan fingerprint density at radius 1 is 1.21 bits per heavy atom. The zero-order chi connectivity index (χ0) is 16.5. The summed E-state index contributed by atoms with van der Waals surface area (Å²) in [6, 6.07) is 12.5.